The van der Waals surface area contributed by atoms with Crippen molar-refractivity contribution in [3.05, 3.63) is 126 Å². The fourth-order valence-corrected chi connectivity index (χ4v) is 4.54. The number of hydrogen-bond donors (Lipinski definition) is 0. The highest BCUT2D eigenvalue weighted by Gasteiger charge is 2.40. The third-order valence-electron chi connectivity index (χ3n) is 6.18. The number of halogens is 1. The number of fused-ring (bicyclic) bond motifs is 3. The molecule has 0 spiro atoms. The Morgan fingerprint density at radius 1 is 0.719 bits per heavy atom. The molecule has 0 aromatic heterocycles. The first kappa shape index (κ1) is 18.8. The molecule has 0 N–H and O–H groups in total. The van der Waals surface area contributed by atoms with Crippen LogP contribution in [0.25, 0.3) is 11.1 Å². The Balaban J connectivity index is 1.36. The Hall–Kier alpha value is -3.92. The van der Waals surface area contributed by atoms with Crippen molar-refractivity contribution >= 4 is 5.71 Å². The first-order valence-corrected chi connectivity index (χ1v) is 10.8. The predicted molar refractivity (Wildman–Crippen MR) is 124 cm³/mol. The smallest absolute Gasteiger partial charge is 0.213 e. The van der Waals surface area contributed by atoms with Crippen molar-refractivity contribution in [2.45, 2.75) is 18.7 Å². The van der Waals surface area contributed by atoms with Crippen LogP contribution in [0.3, 0.4) is 0 Å². The SMILES string of the molecule is Fc1ccc([C@H]2Oc3ccccc3[C@H]3CC(c4ccc(-c5ccccc5)cc4)=NN32)cc1. The molecule has 6 rings (SSSR count). The zero-order valence-corrected chi connectivity index (χ0v) is 17.4. The van der Waals surface area contributed by atoms with E-state index >= 15 is 0 Å². The van der Waals surface area contributed by atoms with Crippen LogP contribution >= 0.6 is 0 Å². The number of nitrogens with zero attached hydrogens (tertiary/aromatic N) is 2. The lowest BCUT2D eigenvalue weighted by atomic mass is 9.95. The molecular weight excluding hydrogens is 399 g/mol. The van der Waals surface area contributed by atoms with Crippen molar-refractivity contribution < 1.29 is 9.13 Å². The number of benzene rings is 4. The van der Waals surface area contributed by atoms with Gasteiger partial charge in [-0.2, -0.15) is 5.10 Å². The van der Waals surface area contributed by atoms with Gasteiger partial charge in [0, 0.05) is 17.5 Å². The highest BCUT2D eigenvalue weighted by Crippen LogP contribution is 2.47. The highest BCUT2D eigenvalue weighted by atomic mass is 19.1. The van der Waals surface area contributed by atoms with Gasteiger partial charge < -0.3 is 4.74 Å². The summed E-state index contributed by atoms with van der Waals surface area (Å²) in [5, 5.41) is 7.02. The Kier molecular flexibility index (Phi) is 4.50. The van der Waals surface area contributed by atoms with Crippen molar-refractivity contribution in [3.63, 3.8) is 0 Å². The maximum atomic E-state index is 13.5. The molecule has 2 atom stereocenters. The molecule has 4 heteroatoms. The molecule has 0 saturated carbocycles. The van der Waals surface area contributed by atoms with Gasteiger partial charge >= 0.3 is 0 Å². The van der Waals surface area contributed by atoms with Gasteiger partial charge in [-0.05, 0) is 34.9 Å². The van der Waals surface area contributed by atoms with E-state index in [2.05, 4.69) is 54.6 Å². The van der Waals surface area contributed by atoms with Gasteiger partial charge in [0.25, 0.3) is 0 Å². The van der Waals surface area contributed by atoms with Gasteiger partial charge in [-0.25, -0.2) is 9.40 Å². The summed E-state index contributed by atoms with van der Waals surface area (Å²) in [6.45, 7) is 0. The maximum absolute atomic E-state index is 13.5. The molecule has 0 amide bonds. The largest absolute Gasteiger partial charge is 0.464 e. The quantitative estimate of drug-likeness (QED) is 0.367. The molecular formula is C28H21FN2O. The maximum Gasteiger partial charge on any atom is 0.213 e. The molecule has 32 heavy (non-hydrogen) atoms. The second kappa shape index (κ2) is 7.65. The number of hydrogen-bond acceptors (Lipinski definition) is 3. The van der Waals surface area contributed by atoms with Crippen molar-refractivity contribution in [2.75, 3.05) is 0 Å². The van der Waals surface area contributed by atoms with E-state index < -0.39 is 6.23 Å². The zero-order valence-electron chi connectivity index (χ0n) is 17.4. The van der Waals surface area contributed by atoms with E-state index in [0.29, 0.717) is 0 Å². The summed E-state index contributed by atoms with van der Waals surface area (Å²) in [7, 11) is 0. The average Bonchev–Trinajstić information content (AvgIpc) is 3.31. The van der Waals surface area contributed by atoms with E-state index in [1.165, 1.54) is 23.3 Å². The van der Waals surface area contributed by atoms with Crippen molar-refractivity contribution in [3.8, 4) is 16.9 Å². The lowest BCUT2D eigenvalue weighted by Gasteiger charge is -2.38. The van der Waals surface area contributed by atoms with Gasteiger partial charge in [0.1, 0.15) is 11.6 Å². The van der Waals surface area contributed by atoms with E-state index in [1.807, 2.05) is 29.3 Å². The summed E-state index contributed by atoms with van der Waals surface area (Å²) in [5.41, 5.74) is 6.53. The van der Waals surface area contributed by atoms with Crippen LogP contribution in [-0.4, -0.2) is 10.7 Å². The molecule has 0 aliphatic carbocycles. The van der Waals surface area contributed by atoms with Gasteiger partial charge in [-0.1, -0.05) is 84.9 Å². The summed E-state index contributed by atoms with van der Waals surface area (Å²) < 4.78 is 19.8. The second-order valence-electron chi connectivity index (χ2n) is 8.15. The Morgan fingerprint density at radius 3 is 2.16 bits per heavy atom. The summed E-state index contributed by atoms with van der Waals surface area (Å²) in [5.74, 6) is 0.601. The van der Waals surface area contributed by atoms with Crippen molar-refractivity contribution in [1.29, 1.82) is 0 Å². The number of hydrazone groups is 1. The molecule has 0 radical (unpaired) electrons. The third kappa shape index (κ3) is 3.25. The van der Waals surface area contributed by atoms with E-state index in [1.54, 1.807) is 12.1 Å². The average molecular weight is 420 g/mol. The van der Waals surface area contributed by atoms with Gasteiger partial charge in [0.05, 0.1) is 11.8 Å². The Bertz CT molecular complexity index is 1280. The molecule has 0 fully saturated rings. The molecule has 4 aromatic carbocycles. The van der Waals surface area contributed by atoms with Crippen LogP contribution in [-0.2, 0) is 0 Å². The summed E-state index contributed by atoms with van der Waals surface area (Å²) >= 11 is 0. The van der Waals surface area contributed by atoms with Crippen LogP contribution in [0.4, 0.5) is 4.39 Å². The fourth-order valence-electron chi connectivity index (χ4n) is 4.54. The number of ether oxygens (including phenoxy) is 1. The van der Waals surface area contributed by atoms with Crippen LogP contribution in [0.1, 0.15) is 35.4 Å². The zero-order chi connectivity index (χ0) is 21.5. The van der Waals surface area contributed by atoms with Gasteiger partial charge in [-0.15, -0.1) is 0 Å². The molecule has 0 bridgehead atoms. The van der Waals surface area contributed by atoms with Gasteiger partial charge in [0.2, 0.25) is 6.23 Å². The van der Waals surface area contributed by atoms with Crippen LogP contribution in [0.15, 0.2) is 108 Å². The van der Waals surface area contributed by atoms with E-state index in [0.717, 1.165) is 34.6 Å². The van der Waals surface area contributed by atoms with Crippen molar-refractivity contribution in [1.82, 2.24) is 5.01 Å². The molecule has 0 saturated heterocycles. The third-order valence-corrected chi connectivity index (χ3v) is 6.18. The van der Waals surface area contributed by atoms with Crippen LogP contribution < -0.4 is 4.74 Å². The molecule has 4 aromatic rings. The molecule has 0 unspecified atom stereocenters. The standard InChI is InChI=1S/C28H21FN2O/c29-23-16-14-22(15-17-23)28-31-26(24-8-4-5-9-27(24)32-28)18-25(30-31)21-12-10-20(11-13-21)19-6-2-1-3-7-19/h1-17,26,28H,18H2/t26-,28-/m1/s1. The van der Waals surface area contributed by atoms with Crippen molar-refractivity contribution in [2.24, 2.45) is 5.10 Å². The van der Waals surface area contributed by atoms with Crippen LogP contribution in [0.5, 0.6) is 5.75 Å². The van der Waals surface area contributed by atoms with E-state index in [4.69, 9.17) is 9.84 Å². The first-order chi connectivity index (χ1) is 15.8. The lowest BCUT2D eigenvalue weighted by Crippen LogP contribution is -2.33. The molecule has 3 nitrogen and oxygen atoms in total. The Labute approximate surface area is 186 Å². The molecule has 2 aliphatic rings. The van der Waals surface area contributed by atoms with Crippen LogP contribution in [0.2, 0.25) is 0 Å². The molecule has 156 valence electrons. The van der Waals surface area contributed by atoms with E-state index in [9.17, 15) is 4.39 Å². The Morgan fingerprint density at radius 2 is 1.38 bits per heavy atom. The first-order valence-electron chi connectivity index (χ1n) is 10.8. The van der Waals surface area contributed by atoms with Gasteiger partial charge in [-0.3, -0.25) is 0 Å². The summed E-state index contributed by atoms with van der Waals surface area (Å²) in [6.07, 6.45) is 0.402. The van der Waals surface area contributed by atoms with Gasteiger partial charge in [0.15, 0.2) is 0 Å². The summed E-state index contributed by atoms with van der Waals surface area (Å²) in [4.78, 5) is 0. The number of rotatable bonds is 3. The highest BCUT2D eigenvalue weighted by molar-refractivity contribution is 6.02. The van der Waals surface area contributed by atoms with E-state index in [-0.39, 0.29) is 11.9 Å². The lowest BCUT2D eigenvalue weighted by molar-refractivity contribution is -0.0190. The minimum atomic E-state index is -0.392. The summed E-state index contributed by atoms with van der Waals surface area (Å²) in [6, 6.07) is 33.6. The molecule has 2 heterocycles. The van der Waals surface area contributed by atoms with Crippen LogP contribution in [0, 0.1) is 5.82 Å². The topological polar surface area (TPSA) is 24.8 Å². The monoisotopic (exact) mass is 420 g/mol. The predicted octanol–water partition coefficient (Wildman–Crippen LogP) is 6.74. The fraction of sp³-hybridized carbons (Fsp3) is 0.107. The minimum absolute atomic E-state index is 0.0822. The second-order valence-corrected chi connectivity index (χ2v) is 8.15. The number of para-hydroxylation sites is 1. The normalized spacial score (nSPS) is 19.0. The molecule has 2 aliphatic heterocycles. The minimum Gasteiger partial charge on any atom is -0.464 e.